The van der Waals surface area contributed by atoms with Gasteiger partial charge in [0.05, 0.1) is 6.42 Å². The van der Waals surface area contributed by atoms with E-state index < -0.39 is 17.6 Å². The van der Waals surface area contributed by atoms with Crippen molar-refractivity contribution in [3.63, 3.8) is 0 Å². The van der Waals surface area contributed by atoms with E-state index in [1.807, 2.05) is 71.6 Å². The Morgan fingerprint density at radius 2 is 1.33 bits per heavy atom. The quantitative estimate of drug-likeness (QED) is 0.389. The fourth-order valence-electron chi connectivity index (χ4n) is 6.87. The average molecular weight is 581 g/mol. The molecule has 0 saturated carbocycles. The molecule has 8 nitrogen and oxygen atoms in total. The van der Waals surface area contributed by atoms with Crippen molar-refractivity contribution in [1.29, 1.82) is 0 Å². The van der Waals surface area contributed by atoms with E-state index in [-0.39, 0.29) is 30.9 Å². The lowest BCUT2D eigenvalue weighted by Gasteiger charge is -2.53. The Kier molecular flexibility index (Phi) is 8.86. The zero-order valence-electron chi connectivity index (χ0n) is 24.6. The third-order valence-electron chi connectivity index (χ3n) is 9.13. The van der Waals surface area contributed by atoms with Gasteiger partial charge in [-0.25, -0.2) is 0 Å². The normalized spacial score (nSPS) is 22.5. The van der Waals surface area contributed by atoms with E-state index in [4.69, 9.17) is 4.74 Å². The van der Waals surface area contributed by atoms with Crippen molar-refractivity contribution in [3.8, 4) is 0 Å². The van der Waals surface area contributed by atoms with Crippen LogP contribution in [-0.2, 0) is 38.8 Å². The molecule has 8 heteroatoms. The van der Waals surface area contributed by atoms with Crippen LogP contribution < -0.4 is 5.32 Å². The zero-order chi connectivity index (χ0) is 29.6. The maximum Gasteiger partial charge on any atom is 0.308 e. The number of amides is 2. The average Bonchev–Trinajstić information content (AvgIpc) is 3.49. The smallest absolute Gasteiger partial charge is 0.308 e. The summed E-state index contributed by atoms with van der Waals surface area (Å²) in [5, 5.41) is 2.96. The lowest BCUT2D eigenvalue weighted by Crippen LogP contribution is -2.75. The van der Waals surface area contributed by atoms with Crippen molar-refractivity contribution >= 4 is 17.8 Å². The second-order valence-corrected chi connectivity index (χ2v) is 12.0. The van der Waals surface area contributed by atoms with Crippen LogP contribution in [0, 0.1) is 0 Å². The number of ether oxygens (including phenoxy) is 1. The lowest BCUT2D eigenvalue weighted by molar-refractivity contribution is -0.167. The van der Waals surface area contributed by atoms with Gasteiger partial charge >= 0.3 is 5.97 Å². The molecule has 2 amide bonds. The number of esters is 1. The largest absolute Gasteiger partial charge is 0.461 e. The molecule has 2 atom stereocenters. The highest BCUT2D eigenvalue weighted by Gasteiger charge is 2.56. The van der Waals surface area contributed by atoms with E-state index in [0.29, 0.717) is 19.4 Å². The van der Waals surface area contributed by atoms with Crippen LogP contribution in [0.15, 0.2) is 91.0 Å². The monoisotopic (exact) mass is 580 g/mol. The second kappa shape index (κ2) is 13.1. The Balaban J connectivity index is 1.17. The van der Waals surface area contributed by atoms with Crippen molar-refractivity contribution < 1.29 is 19.1 Å². The minimum absolute atomic E-state index is 0.0919. The van der Waals surface area contributed by atoms with Gasteiger partial charge in [0.25, 0.3) is 0 Å². The van der Waals surface area contributed by atoms with Crippen LogP contribution in [0.25, 0.3) is 0 Å². The number of carbonyl (C=O) groups is 3. The molecule has 1 N–H and O–H groups in total. The maximum atomic E-state index is 14.3. The minimum atomic E-state index is -0.924. The summed E-state index contributed by atoms with van der Waals surface area (Å²) >= 11 is 0. The van der Waals surface area contributed by atoms with Gasteiger partial charge in [-0.05, 0) is 36.0 Å². The number of hydrogen-bond acceptors (Lipinski definition) is 6. The van der Waals surface area contributed by atoms with Gasteiger partial charge < -0.3 is 15.0 Å². The van der Waals surface area contributed by atoms with E-state index >= 15 is 0 Å². The summed E-state index contributed by atoms with van der Waals surface area (Å²) in [6, 6.07) is 29.1. The molecule has 43 heavy (non-hydrogen) atoms. The molecule has 3 aliphatic rings. The number of nitrogens with one attached hydrogen (secondary N) is 1. The van der Waals surface area contributed by atoms with E-state index in [2.05, 4.69) is 39.4 Å². The molecule has 3 heterocycles. The predicted molar refractivity (Wildman–Crippen MR) is 163 cm³/mol. The highest BCUT2D eigenvalue weighted by Crippen LogP contribution is 2.37. The van der Waals surface area contributed by atoms with Crippen LogP contribution in [0.1, 0.15) is 42.4 Å². The first-order chi connectivity index (χ1) is 21.0. The van der Waals surface area contributed by atoms with Crippen LogP contribution in [0.3, 0.4) is 0 Å². The Hall–Kier alpha value is -4.01. The van der Waals surface area contributed by atoms with Gasteiger partial charge in [-0.3, -0.25) is 24.2 Å². The van der Waals surface area contributed by atoms with Crippen molar-refractivity contribution in [1.82, 2.24) is 20.0 Å². The topological polar surface area (TPSA) is 82.2 Å². The summed E-state index contributed by atoms with van der Waals surface area (Å²) in [5.74, 6) is -0.804. The standard InChI is InChI=1S/C35H40N4O4/c40-32(43-26-29-14-8-3-9-15-29)22-31-33(41)39(30-16-19-38(25-30)24-28-12-6-2-7-13-28)35(34(42)36-31)17-20-37(21-18-35)23-27-10-4-1-5-11-27/h1-15,30-31H,16-26H2,(H,36,42). The summed E-state index contributed by atoms with van der Waals surface area (Å²) in [7, 11) is 0. The molecule has 0 aromatic heterocycles. The molecule has 0 bridgehead atoms. The Morgan fingerprint density at radius 1 is 0.767 bits per heavy atom. The third kappa shape index (κ3) is 6.65. The highest BCUT2D eigenvalue weighted by molar-refractivity contribution is 6.01. The minimum Gasteiger partial charge on any atom is -0.461 e. The SMILES string of the molecule is O=C(CC1NC(=O)C2(CCN(Cc3ccccc3)CC2)N(C2CCN(Cc3ccccc3)C2)C1=O)OCc1ccccc1. The first-order valence-corrected chi connectivity index (χ1v) is 15.4. The molecule has 3 fully saturated rings. The van der Waals surface area contributed by atoms with Crippen LogP contribution in [0.2, 0.25) is 0 Å². The summed E-state index contributed by atoms with van der Waals surface area (Å²) in [4.78, 5) is 47.7. The first kappa shape index (κ1) is 29.1. The number of benzene rings is 3. The zero-order valence-corrected chi connectivity index (χ0v) is 24.6. The van der Waals surface area contributed by atoms with E-state index in [0.717, 1.165) is 44.7 Å². The maximum absolute atomic E-state index is 14.3. The fourth-order valence-corrected chi connectivity index (χ4v) is 6.87. The van der Waals surface area contributed by atoms with Crippen LogP contribution in [0.5, 0.6) is 0 Å². The molecule has 3 aromatic rings. The second-order valence-electron chi connectivity index (χ2n) is 12.0. The third-order valence-corrected chi connectivity index (χ3v) is 9.13. The molecule has 6 rings (SSSR count). The molecular weight excluding hydrogens is 540 g/mol. The van der Waals surface area contributed by atoms with Gasteiger partial charge in [0, 0.05) is 45.3 Å². The number of likely N-dealkylation sites (tertiary alicyclic amines) is 2. The van der Waals surface area contributed by atoms with Gasteiger partial charge in [-0.2, -0.15) is 0 Å². The Bertz CT molecular complexity index is 1390. The van der Waals surface area contributed by atoms with Gasteiger partial charge in [0.15, 0.2) is 0 Å². The number of hydrogen-bond donors (Lipinski definition) is 1. The molecule has 3 saturated heterocycles. The predicted octanol–water partition coefficient (Wildman–Crippen LogP) is 3.76. The van der Waals surface area contributed by atoms with Crippen molar-refractivity contribution in [2.45, 2.75) is 63.0 Å². The molecular formula is C35H40N4O4. The molecule has 1 spiro atoms. The molecule has 3 aromatic carbocycles. The van der Waals surface area contributed by atoms with Crippen LogP contribution in [-0.4, -0.2) is 76.3 Å². The molecule has 2 unspecified atom stereocenters. The van der Waals surface area contributed by atoms with E-state index in [1.54, 1.807) is 0 Å². The fraction of sp³-hybridized carbons (Fsp3) is 0.400. The molecule has 224 valence electrons. The number of piperidine rings is 1. The number of carbonyl (C=O) groups excluding carboxylic acids is 3. The van der Waals surface area contributed by atoms with Gasteiger partial charge in [0.2, 0.25) is 11.8 Å². The van der Waals surface area contributed by atoms with Crippen molar-refractivity contribution in [2.24, 2.45) is 0 Å². The summed E-state index contributed by atoms with van der Waals surface area (Å²) in [6.45, 7) is 4.75. The number of rotatable bonds is 9. The van der Waals surface area contributed by atoms with E-state index in [9.17, 15) is 14.4 Å². The van der Waals surface area contributed by atoms with Gasteiger partial charge in [-0.1, -0.05) is 91.0 Å². The Morgan fingerprint density at radius 3 is 1.93 bits per heavy atom. The van der Waals surface area contributed by atoms with Crippen molar-refractivity contribution in [2.75, 3.05) is 26.2 Å². The van der Waals surface area contributed by atoms with E-state index in [1.165, 1.54) is 11.1 Å². The highest BCUT2D eigenvalue weighted by atomic mass is 16.5. The summed E-state index contributed by atoms with van der Waals surface area (Å²) in [6.07, 6.45) is 1.76. The lowest BCUT2D eigenvalue weighted by atomic mass is 9.80. The van der Waals surface area contributed by atoms with Crippen molar-refractivity contribution in [3.05, 3.63) is 108 Å². The van der Waals surface area contributed by atoms with Crippen LogP contribution >= 0.6 is 0 Å². The van der Waals surface area contributed by atoms with Gasteiger partial charge in [0.1, 0.15) is 18.2 Å². The first-order valence-electron chi connectivity index (χ1n) is 15.4. The van der Waals surface area contributed by atoms with Gasteiger partial charge in [-0.15, -0.1) is 0 Å². The number of piperazine rings is 1. The number of nitrogens with zero attached hydrogens (tertiary/aromatic N) is 3. The molecule has 3 aliphatic heterocycles. The Labute approximate surface area is 253 Å². The molecule has 0 radical (unpaired) electrons. The summed E-state index contributed by atoms with van der Waals surface area (Å²) < 4.78 is 5.49. The molecule has 0 aliphatic carbocycles. The van der Waals surface area contributed by atoms with Crippen LogP contribution in [0.4, 0.5) is 0 Å². The summed E-state index contributed by atoms with van der Waals surface area (Å²) in [5.41, 5.74) is 2.43.